The molecular formula is C14H13F2NO2S2. The van der Waals surface area contributed by atoms with Crippen LogP contribution in [0.25, 0.3) is 0 Å². The molecule has 0 N–H and O–H groups in total. The van der Waals surface area contributed by atoms with E-state index in [0.29, 0.717) is 6.07 Å². The van der Waals surface area contributed by atoms with Gasteiger partial charge in [0.2, 0.25) is 10.0 Å². The maximum absolute atomic E-state index is 13.3. The molecule has 0 amide bonds. The van der Waals surface area contributed by atoms with Crippen LogP contribution >= 0.6 is 11.3 Å². The molecule has 1 heterocycles. The van der Waals surface area contributed by atoms with E-state index in [-0.39, 0.29) is 18.0 Å². The maximum atomic E-state index is 13.3. The molecule has 0 aliphatic heterocycles. The molecule has 3 nitrogen and oxygen atoms in total. The monoisotopic (exact) mass is 329 g/mol. The van der Waals surface area contributed by atoms with Crippen LogP contribution in [-0.2, 0) is 16.6 Å². The standard InChI is InChI=1S/C14H13F2NO2S2/c1-2-7-17(10-11-4-3-8-20-11)21(18,19)12-5-6-13(15)14(16)9-12/h2-6,8-9H,1,7,10H2. The summed E-state index contributed by atoms with van der Waals surface area (Å²) in [6.07, 6.45) is 1.45. The highest BCUT2D eigenvalue weighted by atomic mass is 32.2. The van der Waals surface area contributed by atoms with Gasteiger partial charge in [0.15, 0.2) is 11.6 Å². The van der Waals surface area contributed by atoms with E-state index in [9.17, 15) is 17.2 Å². The van der Waals surface area contributed by atoms with E-state index in [1.165, 1.54) is 21.7 Å². The fourth-order valence-electron chi connectivity index (χ4n) is 1.75. The summed E-state index contributed by atoms with van der Waals surface area (Å²) in [4.78, 5) is 0.572. The van der Waals surface area contributed by atoms with Crippen LogP contribution in [0.3, 0.4) is 0 Å². The van der Waals surface area contributed by atoms with E-state index >= 15 is 0 Å². The van der Waals surface area contributed by atoms with Gasteiger partial charge in [-0.1, -0.05) is 12.1 Å². The second-order valence-electron chi connectivity index (χ2n) is 4.24. The summed E-state index contributed by atoms with van der Waals surface area (Å²) in [5.41, 5.74) is 0. The van der Waals surface area contributed by atoms with Crippen LogP contribution in [0.1, 0.15) is 4.88 Å². The van der Waals surface area contributed by atoms with Crippen LogP contribution in [0.2, 0.25) is 0 Å². The molecule has 0 spiro atoms. The first-order valence-electron chi connectivity index (χ1n) is 6.03. The SMILES string of the molecule is C=CCN(Cc1cccs1)S(=O)(=O)c1ccc(F)c(F)c1. The lowest BCUT2D eigenvalue weighted by molar-refractivity contribution is 0.439. The molecule has 21 heavy (non-hydrogen) atoms. The van der Waals surface area contributed by atoms with Crippen LogP contribution in [-0.4, -0.2) is 19.3 Å². The van der Waals surface area contributed by atoms with Gasteiger partial charge in [0, 0.05) is 18.0 Å². The second-order valence-corrected chi connectivity index (χ2v) is 7.21. The Bertz CT molecular complexity index is 727. The summed E-state index contributed by atoms with van der Waals surface area (Å²) in [5.74, 6) is -2.27. The Morgan fingerprint density at radius 2 is 2.00 bits per heavy atom. The molecule has 0 saturated carbocycles. The Labute approximate surface area is 126 Å². The minimum absolute atomic E-state index is 0.0826. The lowest BCUT2D eigenvalue weighted by Crippen LogP contribution is -2.30. The van der Waals surface area contributed by atoms with Crippen LogP contribution in [0.4, 0.5) is 8.78 Å². The lowest BCUT2D eigenvalue weighted by atomic mass is 10.3. The zero-order valence-corrected chi connectivity index (χ0v) is 12.6. The van der Waals surface area contributed by atoms with E-state index in [1.807, 2.05) is 17.5 Å². The minimum Gasteiger partial charge on any atom is -0.207 e. The Balaban J connectivity index is 2.36. The molecule has 0 aliphatic carbocycles. The fourth-order valence-corrected chi connectivity index (χ4v) is 3.96. The smallest absolute Gasteiger partial charge is 0.207 e. The molecule has 0 aliphatic rings. The molecular weight excluding hydrogens is 316 g/mol. The first-order chi connectivity index (χ1) is 9.95. The van der Waals surface area contributed by atoms with E-state index in [1.54, 1.807) is 0 Å². The molecule has 1 aromatic carbocycles. The van der Waals surface area contributed by atoms with Crippen molar-refractivity contribution < 1.29 is 17.2 Å². The number of benzene rings is 1. The van der Waals surface area contributed by atoms with Crippen molar-refractivity contribution in [3.8, 4) is 0 Å². The predicted molar refractivity (Wildman–Crippen MR) is 78.5 cm³/mol. The van der Waals surface area contributed by atoms with Gasteiger partial charge in [-0.25, -0.2) is 17.2 Å². The van der Waals surface area contributed by atoms with Crippen molar-refractivity contribution >= 4 is 21.4 Å². The topological polar surface area (TPSA) is 37.4 Å². The first kappa shape index (κ1) is 15.8. The van der Waals surface area contributed by atoms with Crippen molar-refractivity contribution in [2.75, 3.05) is 6.54 Å². The number of hydrogen-bond acceptors (Lipinski definition) is 3. The Morgan fingerprint density at radius 3 is 2.57 bits per heavy atom. The van der Waals surface area contributed by atoms with Gasteiger partial charge in [-0.15, -0.1) is 17.9 Å². The summed E-state index contributed by atoms with van der Waals surface area (Å²) >= 11 is 1.42. The molecule has 0 fully saturated rings. The number of rotatable bonds is 6. The van der Waals surface area contributed by atoms with Crippen molar-refractivity contribution in [3.05, 3.63) is 64.9 Å². The van der Waals surface area contributed by atoms with E-state index in [2.05, 4.69) is 6.58 Å². The van der Waals surface area contributed by atoms with Gasteiger partial charge in [0.1, 0.15) is 0 Å². The largest absolute Gasteiger partial charge is 0.243 e. The average Bonchev–Trinajstić information content (AvgIpc) is 2.94. The van der Waals surface area contributed by atoms with Gasteiger partial charge in [-0.05, 0) is 29.6 Å². The normalized spacial score (nSPS) is 11.8. The summed E-state index contributed by atoms with van der Waals surface area (Å²) in [6, 6.07) is 6.17. The summed E-state index contributed by atoms with van der Waals surface area (Å²) in [6.45, 7) is 3.77. The predicted octanol–water partition coefficient (Wildman–Crippen LogP) is 3.40. The third kappa shape index (κ3) is 3.55. The van der Waals surface area contributed by atoms with Gasteiger partial charge in [-0.3, -0.25) is 0 Å². The fraction of sp³-hybridized carbons (Fsp3) is 0.143. The first-order valence-corrected chi connectivity index (χ1v) is 8.35. The second kappa shape index (κ2) is 6.46. The Hall–Kier alpha value is -1.57. The third-order valence-corrected chi connectivity index (χ3v) is 5.44. The molecule has 0 radical (unpaired) electrons. The van der Waals surface area contributed by atoms with E-state index < -0.39 is 21.7 Å². The molecule has 0 saturated heterocycles. The van der Waals surface area contributed by atoms with Crippen molar-refractivity contribution in [3.63, 3.8) is 0 Å². The molecule has 112 valence electrons. The highest BCUT2D eigenvalue weighted by Gasteiger charge is 2.25. The molecule has 1 aromatic heterocycles. The molecule has 0 atom stereocenters. The summed E-state index contributed by atoms with van der Waals surface area (Å²) < 4.78 is 52.4. The van der Waals surface area contributed by atoms with Crippen molar-refractivity contribution in [1.82, 2.24) is 4.31 Å². The number of hydrogen-bond donors (Lipinski definition) is 0. The summed E-state index contributed by atoms with van der Waals surface area (Å²) in [7, 11) is -3.92. The molecule has 2 rings (SSSR count). The van der Waals surface area contributed by atoms with Crippen LogP contribution in [0.5, 0.6) is 0 Å². The number of halogens is 2. The number of sulfonamides is 1. The van der Waals surface area contributed by atoms with Crippen molar-refractivity contribution in [1.29, 1.82) is 0 Å². The van der Waals surface area contributed by atoms with Gasteiger partial charge < -0.3 is 0 Å². The zero-order chi connectivity index (χ0) is 15.5. The van der Waals surface area contributed by atoms with Gasteiger partial charge in [-0.2, -0.15) is 4.31 Å². The highest BCUT2D eigenvalue weighted by molar-refractivity contribution is 7.89. The van der Waals surface area contributed by atoms with Crippen molar-refractivity contribution in [2.45, 2.75) is 11.4 Å². The molecule has 7 heteroatoms. The van der Waals surface area contributed by atoms with Crippen LogP contribution in [0, 0.1) is 11.6 Å². The van der Waals surface area contributed by atoms with Crippen molar-refractivity contribution in [2.24, 2.45) is 0 Å². The van der Waals surface area contributed by atoms with Crippen LogP contribution < -0.4 is 0 Å². The minimum atomic E-state index is -3.92. The van der Waals surface area contributed by atoms with E-state index in [0.717, 1.165) is 17.0 Å². The third-order valence-electron chi connectivity index (χ3n) is 2.77. The Kier molecular flexibility index (Phi) is 4.87. The Morgan fingerprint density at radius 1 is 1.24 bits per heavy atom. The zero-order valence-electron chi connectivity index (χ0n) is 11.0. The van der Waals surface area contributed by atoms with Gasteiger partial charge in [0.05, 0.1) is 4.90 Å². The van der Waals surface area contributed by atoms with Gasteiger partial charge >= 0.3 is 0 Å². The van der Waals surface area contributed by atoms with Crippen LogP contribution in [0.15, 0.2) is 53.3 Å². The number of thiophene rings is 1. The number of nitrogens with zero attached hydrogens (tertiary/aromatic N) is 1. The quantitative estimate of drug-likeness (QED) is 0.762. The highest BCUT2D eigenvalue weighted by Crippen LogP contribution is 2.22. The molecule has 0 unspecified atom stereocenters. The maximum Gasteiger partial charge on any atom is 0.243 e. The summed E-state index contributed by atoms with van der Waals surface area (Å²) in [5, 5.41) is 1.84. The lowest BCUT2D eigenvalue weighted by Gasteiger charge is -2.20. The van der Waals surface area contributed by atoms with Gasteiger partial charge in [0.25, 0.3) is 0 Å². The average molecular weight is 329 g/mol. The molecule has 2 aromatic rings. The molecule has 0 bridgehead atoms. The van der Waals surface area contributed by atoms with E-state index in [4.69, 9.17) is 0 Å².